The van der Waals surface area contributed by atoms with E-state index in [1.165, 1.54) is 6.20 Å². The molecular formula is C14H9Cl2N3O. The van der Waals surface area contributed by atoms with Gasteiger partial charge in [0.05, 0.1) is 6.20 Å². The number of fused-ring (bicyclic) bond motifs is 1. The molecule has 0 aliphatic rings. The van der Waals surface area contributed by atoms with Crippen LogP contribution in [-0.2, 0) is 0 Å². The molecule has 6 heteroatoms. The molecule has 1 aromatic heterocycles. The Morgan fingerprint density at radius 3 is 2.55 bits per heavy atom. The van der Waals surface area contributed by atoms with Crippen molar-refractivity contribution in [3.63, 3.8) is 0 Å². The van der Waals surface area contributed by atoms with Crippen LogP contribution in [0, 0.1) is 0 Å². The lowest BCUT2D eigenvalue weighted by Gasteiger charge is -2.10. The summed E-state index contributed by atoms with van der Waals surface area (Å²) in [5.74, 6) is 0.823. The summed E-state index contributed by atoms with van der Waals surface area (Å²) in [7, 11) is 0. The van der Waals surface area contributed by atoms with Gasteiger partial charge in [-0.15, -0.1) is 0 Å². The van der Waals surface area contributed by atoms with E-state index in [9.17, 15) is 0 Å². The highest BCUT2D eigenvalue weighted by Gasteiger charge is 2.10. The van der Waals surface area contributed by atoms with Crippen molar-refractivity contribution in [2.45, 2.75) is 0 Å². The van der Waals surface area contributed by atoms with Crippen molar-refractivity contribution in [2.75, 3.05) is 5.73 Å². The highest BCUT2D eigenvalue weighted by molar-refractivity contribution is 6.35. The highest BCUT2D eigenvalue weighted by atomic mass is 35.5. The van der Waals surface area contributed by atoms with Crippen molar-refractivity contribution in [2.24, 2.45) is 0 Å². The summed E-state index contributed by atoms with van der Waals surface area (Å²) >= 11 is 11.9. The number of ether oxygens (including phenoxy) is 1. The number of anilines is 1. The van der Waals surface area contributed by atoms with Crippen molar-refractivity contribution < 1.29 is 4.74 Å². The van der Waals surface area contributed by atoms with E-state index in [0.717, 1.165) is 10.8 Å². The van der Waals surface area contributed by atoms with Crippen molar-refractivity contribution in [3.05, 3.63) is 52.9 Å². The first-order valence-corrected chi connectivity index (χ1v) is 6.54. The van der Waals surface area contributed by atoms with Gasteiger partial charge in [0.1, 0.15) is 11.4 Å². The molecule has 20 heavy (non-hydrogen) atoms. The Bertz CT molecular complexity index is 792. The third-order valence-electron chi connectivity index (χ3n) is 2.79. The van der Waals surface area contributed by atoms with Gasteiger partial charge >= 0.3 is 0 Å². The van der Waals surface area contributed by atoms with Gasteiger partial charge in [-0.05, 0) is 23.7 Å². The second-order valence-corrected chi connectivity index (χ2v) is 4.84. The lowest BCUT2D eigenvalue weighted by Crippen LogP contribution is -1.97. The van der Waals surface area contributed by atoms with Crippen LogP contribution in [0.2, 0.25) is 10.3 Å². The van der Waals surface area contributed by atoms with E-state index in [0.29, 0.717) is 16.5 Å². The number of hydrogen-bond donors (Lipinski definition) is 1. The molecule has 0 bridgehead atoms. The molecule has 3 rings (SSSR count). The Morgan fingerprint density at radius 1 is 1.00 bits per heavy atom. The Hall–Kier alpha value is -2.04. The SMILES string of the molecule is Nc1cnc(Cl)nc1Oc1ccc(Cl)c2ccccc12. The maximum absolute atomic E-state index is 6.16. The molecule has 0 radical (unpaired) electrons. The number of aromatic nitrogens is 2. The average Bonchev–Trinajstić information content (AvgIpc) is 2.46. The summed E-state index contributed by atoms with van der Waals surface area (Å²) < 4.78 is 5.74. The zero-order valence-electron chi connectivity index (χ0n) is 10.2. The van der Waals surface area contributed by atoms with Gasteiger partial charge in [-0.1, -0.05) is 35.9 Å². The van der Waals surface area contributed by atoms with Gasteiger partial charge in [-0.25, -0.2) is 4.98 Å². The van der Waals surface area contributed by atoms with Crippen molar-refractivity contribution in [1.29, 1.82) is 0 Å². The second kappa shape index (κ2) is 5.15. The Labute approximate surface area is 125 Å². The molecule has 3 aromatic rings. The van der Waals surface area contributed by atoms with Gasteiger partial charge in [0.25, 0.3) is 0 Å². The summed E-state index contributed by atoms with van der Waals surface area (Å²) in [5, 5.41) is 2.49. The molecule has 100 valence electrons. The summed E-state index contributed by atoms with van der Waals surface area (Å²) in [6.07, 6.45) is 1.41. The van der Waals surface area contributed by atoms with E-state index in [1.54, 1.807) is 12.1 Å². The predicted molar refractivity (Wildman–Crippen MR) is 80.5 cm³/mol. The molecule has 0 amide bonds. The fraction of sp³-hybridized carbons (Fsp3) is 0. The first-order chi connectivity index (χ1) is 9.65. The van der Waals surface area contributed by atoms with E-state index in [1.807, 2.05) is 24.3 Å². The van der Waals surface area contributed by atoms with Gasteiger partial charge in [0.2, 0.25) is 11.2 Å². The van der Waals surface area contributed by atoms with Crippen LogP contribution in [0.15, 0.2) is 42.6 Å². The molecule has 0 atom stereocenters. The standard InChI is InChI=1S/C14H9Cl2N3O/c15-10-5-6-12(9-4-2-1-3-8(9)10)20-13-11(17)7-18-14(16)19-13/h1-7H,17H2. The lowest BCUT2D eigenvalue weighted by molar-refractivity contribution is 0.469. The molecule has 0 saturated heterocycles. The summed E-state index contributed by atoms with van der Waals surface area (Å²) in [5.41, 5.74) is 6.09. The van der Waals surface area contributed by atoms with Crippen LogP contribution in [0.1, 0.15) is 0 Å². The molecule has 1 heterocycles. The molecule has 2 N–H and O–H groups in total. The van der Waals surface area contributed by atoms with E-state index >= 15 is 0 Å². The minimum absolute atomic E-state index is 0.0764. The van der Waals surface area contributed by atoms with E-state index in [4.69, 9.17) is 33.7 Å². The molecule has 4 nitrogen and oxygen atoms in total. The Morgan fingerprint density at radius 2 is 1.75 bits per heavy atom. The average molecular weight is 306 g/mol. The van der Waals surface area contributed by atoms with E-state index in [-0.39, 0.29) is 11.2 Å². The third-order valence-corrected chi connectivity index (χ3v) is 3.30. The van der Waals surface area contributed by atoms with Crippen LogP contribution >= 0.6 is 23.2 Å². The summed E-state index contributed by atoms with van der Waals surface area (Å²) in [6, 6.07) is 11.2. The maximum atomic E-state index is 6.16. The van der Waals surface area contributed by atoms with Crippen molar-refractivity contribution >= 4 is 39.7 Å². The fourth-order valence-electron chi connectivity index (χ4n) is 1.86. The zero-order chi connectivity index (χ0) is 14.1. The van der Waals surface area contributed by atoms with Gasteiger partial charge in [0, 0.05) is 15.8 Å². The van der Waals surface area contributed by atoms with Gasteiger partial charge in [-0.3, -0.25) is 0 Å². The van der Waals surface area contributed by atoms with Crippen LogP contribution in [-0.4, -0.2) is 9.97 Å². The first kappa shape index (κ1) is 13.0. The number of nitrogen functional groups attached to an aromatic ring is 1. The van der Waals surface area contributed by atoms with Crippen LogP contribution in [0.25, 0.3) is 10.8 Å². The summed E-state index contributed by atoms with van der Waals surface area (Å²) in [4.78, 5) is 7.76. The Kier molecular flexibility index (Phi) is 3.34. The van der Waals surface area contributed by atoms with Gasteiger partial charge in [-0.2, -0.15) is 4.98 Å². The second-order valence-electron chi connectivity index (χ2n) is 4.09. The van der Waals surface area contributed by atoms with Crippen molar-refractivity contribution in [3.8, 4) is 11.6 Å². The van der Waals surface area contributed by atoms with E-state index < -0.39 is 0 Å². The minimum Gasteiger partial charge on any atom is -0.436 e. The molecule has 0 unspecified atom stereocenters. The fourth-order valence-corrected chi connectivity index (χ4v) is 2.22. The third kappa shape index (κ3) is 2.35. The molecule has 0 aliphatic heterocycles. The minimum atomic E-state index is 0.0764. The smallest absolute Gasteiger partial charge is 0.247 e. The van der Waals surface area contributed by atoms with Crippen LogP contribution in [0.4, 0.5) is 5.69 Å². The number of benzene rings is 2. The zero-order valence-corrected chi connectivity index (χ0v) is 11.7. The van der Waals surface area contributed by atoms with Gasteiger partial charge in [0.15, 0.2) is 0 Å². The topological polar surface area (TPSA) is 61.0 Å². The maximum Gasteiger partial charge on any atom is 0.247 e. The molecule has 0 saturated carbocycles. The number of nitrogens with two attached hydrogens (primary N) is 1. The predicted octanol–water partition coefficient (Wildman–Crippen LogP) is 4.31. The van der Waals surface area contributed by atoms with Crippen molar-refractivity contribution in [1.82, 2.24) is 9.97 Å². The molecule has 2 aromatic carbocycles. The number of halogens is 2. The molecule has 0 spiro atoms. The highest BCUT2D eigenvalue weighted by Crippen LogP contribution is 2.35. The number of nitrogens with zero attached hydrogens (tertiary/aromatic N) is 2. The van der Waals surface area contributed by atoms with E-state index in [2.05, 4.69) is 9.97 Å². The Balaban J connectivity index is 2.11. The quantitative estimate of drug-likeness (QED) is 0.717. The first-order valence-electron chi connectivity index (χ1n) is 5.78. The number of rotatable bonds is 2. The largest absolute Gasteiger partial charge is 0.436 e. The van der Waals surface area contributed by atoms with Crippen LogP contribution in [0.5, 0.6) is 11.6 Å². The molecule has 0 aliphatic carbocycles. The lowest BCUT2D eigenvalue weighted by atomic mass is 10.1. The summed E-state index contributed by atoms with van der Waals surface area (Å²) in [6.45, 7) is 0. The van der Waals surface area contributed by atoms with Gasteiger partial charge < -0.3 is 10.5 Å². The van der Waals surface area contributed by atoms with Crippen LogP contribution in [0.3, 0.4) is 0 Å². The molecular weight excluding hydrogens is 297 g/mol. The number of hydrogen-bond acceptors (Lipinski definition) is 4. The molecule has 0 fully saturated rings. The normalized spacial score (nSPS) is 10.7. The monoisotopic (exact) mass is 305 g/mol. The van der Waals surface area contributed by atoms with Crippen LogP contribution < -0.4 is 10.5 Å².